The van der Waals surface area contributed by atoms with Crippen molar-refractivity contribution in [1.29, 1.82) is 0 Å². The van der Waals surface area contributed by atoms with Crippen molar-refractivity contribution in [3.8, 4) is 0 Å². The molecule has 24 heavy (non-hydrogen) atoms. The number of rotatable bonds is 4. The van der Waals surface area contributed by atoms with Gasteiger partial charge in [-0.1, -0.05) is 24.3 Å². The minimum atomic E-state index is -0.0376. The standard InChI is InChI=1S/C15H20N7.ClH.HI/c1-10-9-13(19-15-21-22(10,15)2)12-5-3-11(4-6-12)7-8-18-20-14(16)17;;/h3-6,8-10H,7H2,1-2H3,(H,19,21)(H4,16,17,20);2*1H/q+1;;. The second-order valence-electron chi connectivity index (χ2n) is 5.62. The van der Waals surface area contributed by atoms with Crippen LogP contribution in [0.4, 0.5) is 0 Å². The predicted molar refractivity (Wildman–Crippen MR) is 111 cm³/mol. The predicted octanol–water partition coefficient (Wildman–Crippen LogP) is 1.59. The van der Waals surface area contributed by atoms with Crippen molar-refractivity contribution in [3.05, 3.63) is 41.5 Å². The molecule has 7 nitrogen and oxygen atoms in total. The van der Waals surface area contributed by atoms with Crippen LogP contribution in [0.1, 0.15) is 18.1 Å². The lowest BCUT2D eigenvalue weighted by Gasteiger charge is -2.22. The van der Waals surface area contributed by atoms with Crippen LogP contribution >= 0.6 is 36.4 Å². The molecular weight excluding hydrogens is 441 g/mol. The molecule has 1 aromatic rings. The van der Waals surface area contributed by atoms with Crippen LogP contribution in [0.2, 0.25) is 0 Å². The Morgan fingerprint density at radius 1 is 1.33 bits per heavy atom. The van der Waals surface area contributed by atoms with Gasteiger partial charge in [0.15, 0.2) is 0 Å². The third-order valence-corrected chi connectivity index (χ3v) is 3.99. The fourth-order valence-electron chi connectivity index (χ4n) is 2.39. The van der Waals surface area contributed by atoms with Crippen LogP contribution in [0.5, 0.6) is 0 Å². The number of likely N-dealkylation sites (N-methyl/N-ethyl adjacent to an activating group) is 1. The maximum atomic E-state index is 5.20. The van der Waals surface area contributed by atoms with Gasteiger partial charge in [0.2, 0.25) is 5.96 Å². The van der Waals surface area contributed by atoms with Crippen molar-refractivity contribution in [2.24, 2.45) is 26.8 Å². The minimum absolute atomic E-state index is 0. The van der Waals surface area contributed by atoms with E-state index < -0.39 is 0 Å². The summed E-state index contributed by atoms with van der Waals surface area (Å²) < 4.78 is 0.656. The molecule has 5 N–H and O–H groups in total. The summed E-state index contributed by atoms with van der Waals surface area (Å²) in [6.45, 7) is 2.17. The molecule has 0 bridgehead atoms. The molecule has 2 aliphatic heterocycles. The zero-order valence-electron chi connectivity index (χ0n) is 13.5. The highest BCUT2D eigenvalue weighted by Gasteiger charge is 2.53. The average Bonchev–Trinajstić information content (AvgIpc) is 3.16. The van der Waals surface area contributed by atoms with Crippen LogP contribution in [-0.4, -0.2) is 35.8 Å². The van der Waals surface area contributed by atoms with Crippen LogP contribution in [0.25, 0.3) is 5.70 Å². The number of halogens is 2. The SMILES string of the molecule is CC1C=C(c2ccc(CC=NN=C(N)N)cc2)NC2=N[N+]21C.Cl.I. The smallest absolute Gasteiger partial charge is 0.369 e. The number of nitrogens with zero attached hydrogens (tertiary/aromatic N) is 4. The molecular formula is C15H22ClIN7+. The van der Waals surface area contributed by atoms with Gasteiger partial charge in [-0.2, -0.15) is 5.10 Å². The summed E-state index contributed by atoms with van der Waals surface area (Å²) in [6.07, 6.45) is 4.58. The molecule has 0 radical (unpaired) electrons. The zero-order chi connectivity index (χ0) is 15.7. The van der Waals surface area contributed by atoms with E-state index in [-0.39, 0.29) is 42.3 Å². The summed E-state index contributed by atoms with van der Waals surface area (Å²) >= 11 is 0. The molecule has 130 valence electrons. The van der Waals surface area contributed by atoms with E-state index >= 15 is 0 Å². The Morgan fingerprint density at radius 3 is 2.58 bits per heavy atom. The monoisotopic (exact) mass is 462 g/mol. The van der Waals surface area contributed by atoms with E-state index in [0.717, 1.165) is 22.8 Å². The Hall–Kier alpha value is -1.65. The molecule has 0 saturated carbocycles. The summed E-state index contributed by atoms with van der Waals surface area (Å²) in [5, 5.41) is 15.2. The van der Waals surface area contributed by atoms with E-state index in [1.807, 2.05) is 0 Å². The molecule has 0 fully saturated rings. The van der Waals surface area contributed by atoms with Crippen molar-refractivity contribution in [2.45, 2.75) is 19.4 Å². The lowest BCUT2D eigenvalue weighted by molar-refractivity contribution is -0.785. The number of nitrogens with one attached hydrogen (secondary N) is 1. The summed E-state index contributed by atoms with van der Waals surface area (Å²) in [5.74, 6) is 0.989. The number of nitrogens with two attached hydrogens (primary N) is 2. The molecule has 9 heteroatoms. The first-order valence-corrected chi connectivity index (χ1v) is 7.14. The number of hydrogen-bond donors (Lipinski definition) is 3. The number of fused-ring (bicyclic) bond motifs is 1. The molecule has 2 unspecified atom stereocenters. The molecule has 0 aromatic heterocycles. The third kappa shape index (κ3) is 4.25. The zero-order valence-corrected chi connectivity index (χ0v) is 16.7. The van der Waals surface area contributed by atoms with Crippen molar-refractivity contribution >= 4 is 60.2 Å². The van der Waals surface area contributed by atoms with Crippen LogP contribution in [0.15, 0.2) is 45.6 Å². The van der Waals surface area contributed by atoms with Crippen LogP contribution in [0, 0.1) is 0 Å². The minimum Gasteiger partial charge on any atom is -0.369 e. The second kappa shape index (κ2) is 7.95. The fraction of sp³-hybridized carbons (Fsp3) is 0.267. The van der Waals surface area contributed by atoms with Crippen LogP contribution in [-0.2, 0) is 6.42 Å². The molecule has 0 spiro atoms. The average molecular weight is 463 g/mol. The highest BCUT2D eigenvalue weighted by Crippen LogP contribution is 2.32. The quantitative estimate of drug-likeness (QED) is 0.208. The Morgan fingerprint density at radius 2 is 2.00 bits per heavy atom. The number of guanidine groups is 2. The highest BCUT2D eigenvalue weighted by atomic mass is 127. The Balaban J connectivity index is 0.00000144. The van der Waals surface area contributed by atoms with Gasteiger partial charge in [-0.05, 0) is 24.1 Å². The highest BCUT2D eigenvalue weighted by molar-refractivity contribution is 14.0. The van der Waals surface area contributed by atoms with Gasteiger partial charge >= 0.3 is 5.96 Å². The van der Waals surface area contributed by atoms with Crippen molar-refractivity contribution in [3.63, 3.8) is 0 Å². The number of quaternary nitrogens is 1. The largest absolute Gasteiger partial charge is 0.382 e. The molecule has 3 rings (SSSR count). The van der Waals surface area contributed by atoms with Gasteiger partial charge in [0.1, 0.15) is 13.1 Å². The second-order valence-corrected chi connectivity index (χ2v) is 5.62. The van der Waals surface area contributed by atoms with Crippen molar-refractivity contribution < 1.29 is 4.59 Å². The molecule has 2 atom stereocenters. The number of hydrogen-bond acceptors (Lipinski definition) is 4. The third-order valence-electron chi connectivity index (χ3n) is 3.99. The first kappa shape index (κ1) is 20.4. The lowest BCUT2D eigenvalue weighted by atomic mass is 10.0. The van der Waals surface area contributed by atoms with Gasteiger partial charge in [-0.25, -0.2) is 0 Å². The van der Waals surface area contributed by atoms with Crippen molar-refractivity contribution in [2.75, 3.05) is 7.05 Å². The van der Waals surface area contributed by atoms with Gasteiger partial charge in [0.25, 0.3) is 0 Å². The molecule has 0 saturated heterocycles. The molecule has 1 aromatic carbocycles. The van der Waals surface area contributed by atoms with Gasteiger partial charge in [-0.15, -0.1) is 46.1 Å². The van der Waals surface area contributed by atoms with Gasteiger partial charge in [0.05, 0.1) is 5.70 Å². The summed E-state index contributed by atoms with van der Waals surface area (Å²) in [4.78, 5) is 0. The van der Waals surface area contributed by atoms with E-state index in [1.54, 1.807) is 6.21 Å². The lowest BCUT2D eigenvalue weighted by Crippen LogP contribution is -2.44. The Kier molecular flexibility index (Phi) is 6.76. The maximum Gasteiger partial charge on any atom is 0.382 e. The van der Waals surface area contributed by atoms with E-state index in [2.05, 4.69) is 64.9 Å². The van der Waals surface area contributed by atoms with Crippen LogP contribution < -0.4 is 16.8 Å². The van der Waals surface area contributed by atoms with Crippen LogP contribution in [0.3, 0.4) is 0 Å². The summed E-state index contributed by atoms with van der Waals surface area (Å²) in [7, 11) is 2.10. The molecule has 2 aliphatic rings. The normalized spacial score (nSPS) is 23.7. The first-order chi connectivity index (χ1) is 10.5. The van der Waals surface area contributed by atoms with Gasteiger partial charge < -0.3 is 11.5 Å². The van der Waals surface area contributed by atoms with E-state index in [1.165, 1.54) is 0 Å². The van der Waals surface area contributed by atoms with E-state index in [9.17, 15) is 0 Å². The Bertz CT molecular complexity index is 707. The first-order valence-electron chi connectivity index (χ1n) is 7.14. The van der Waals surface area contributed by atoms with Gasteiger partial charge in [-0.3, -0.25) is 5.32 Å². The van der Waals surface area contributed by atoms with Gasteiger partial charge in [0, 0.05) is 17.7 Å². The van der Waals surface area contributed by atoms with Crippen molar-refractivity contribution in [1.82, 2.24) is 5.32 Å². The number of benzene rings is 1. The molecule has 2 heterocycles. The molecule has 0 aliphatic carbocycles. The molecule has 0 amide bonds. The summed E-state index contributed by atoms with van der Waals surface area (Å²) in [5.41, 5.74) is 13.8. The van der Waals surface area contributed by atoms with E-state index in [4.69, 9.17) is 11.5 Å². The maximum absolute atomic E-state index is 5.20. The Labute approximate surface area is 164 Å². The summed E-state index contributed by atoms with van der Waals surface area (Å²) in [6, 6.07) is 8.68. The fourth-order valence-corrected chi connectivity index (χ4v) is 2.39. The van der Waals surface area contributed by atoms with E-state index in [0.29, 0.717) is 17.1 Å². The topological polar surface area (TPSA) is 101 Å².